The van der Waals surface area contributed by atoms with Gasteiger partial charge in [0.05, 0.1) is 18.6 Å². The third kappa shape index (κ3) is 4.60. The average Bonchev–Trinajstić information content (AvgIpc) is 2.67. The molecule has 5 heteroatoms. The minimum absolute atomic E-state index is 0.00875. The highest BCUT2D eigenvalue weighted by atomic mass is 16.1. The van der Waals surface area contributed by atoms with Crippen LogP contribution in [0.4, 0.5) is 0 Å². The van der Waals surface area contributed by atoms with Gasteiger partial charge in [0.15, 0.2) is 0 Å². The number of rotatable bonds is 6. The van der Waals surface area contributed by atoms with Gasteiger partial charge < -0.3 is 16.0 Å². The number of H-pyrrole nitrogens is 1. The molecule has 1 aromatic rings. The van der Waals surface area contributed by atoms with Crippen LogP contribution < -0.4 is 11.1 Å². The Labute approximate surface area is 89.5 Å². The zero-order chi connectivity index (χ0) is 11.1. The summed E-state index contributed by atoms with van der Waals surface area (Å²) in [6, 6.07) is -0.0308. The van der Waals surface area contributed by atoms with Crippen LogP contribution in [0, 0.1) is 0 Å². The highest BCUT2D eigenvalue weighted by Crippen LogP contribution is 1.98. The Morgan fingerprint density at radius 3 is 3.13 bits per heavy atom. The topological polar surface area (TPSA) is 83.8 Å². The molecule has 0 fully saturated rings. The maximum absolute atomic E-state index is 11.4. The van der Waals surface area contributed by atoms with Gasteiger partial charge in [-0.1, -0.05) is 13.3 Å². The number of hydrogen-bond acceptors (Lipinski definition) is 3. The van der Waals surface area contributed by atoms with Crippen molar-refractivity contribution in [2.45, 2.75) is 38.8 Å². The first-order chi connectivity index (χ1) is 7.22. The molecule has 0 aliphatic heterocycles. The number of nitrogens with zero attached hydrogens (tertiary/aromatic N) is 1. The molecule has 1 amide bonds. The first kappa shape index (κ1) is 11.7. The van der Waals surface area contributed by atoms with Crippen LogP contribution in [0.2, 0.25) is 0 Å². The maximum atomic E-state index is 11.4. The molecule has 1 aromatic heterocycles. The van der Waals surface area contributed by atoms with E-state index in [2.05, 4.69) is 22.2 Å². The molecule has 1 rings (SSSR count). The fraction of sp³-hybridized carbons (Fsp3) is 0.600. The molecule has 0 aliphatic rings. The number of nitrogens with two attached hydrogens (primary N) is 1. The predicted octanol–water partition coefficient (Wildman–Crippen LogP) is 0.543. The van der Waals surface area contributed by atoms with Crippen LogP contribution in [0.25, 0.3) is 0 Å². The van der Waals surface area contributed by atoms with Gasteiger partial charge in [-0.05, 0) is 6.42 Å². The Hall–Kier alpha value is -1.36. The summed E-state index contributed by atoms with van der Waals surface area (Å²) in [5.41, 5.74) is 6.65. The van der Waals surface area contributed by atoms with E-state index in [1.807, 2.05) is 0 Å². The van der Waals surface area contributed by atoms with Crippen molar-refractivity contribution in [1.29, 1.82) is 0 Å². The summed E-state index contributed by atoms with van der Waals surface area (Å²) in [6.07, 6.45) is 5.56. The Balaban J connectivity index is 2.19. The van der Waals surface area contributed by atoms with Crippen molar-refractivity contribution < 1.29 is 4.79 Å². The Morgan fingerprint density at radius 1 is 1.73 bits per heavy atom. The van der Waals surface area contributed by atoms with E-state index in [9.17, 15) is 4.79 Å². The fourth-order valence-electron chi connectivity index (χ4n) is 1.36. The minimum atomic E-state index is -0.0308. The maximum Gasteiger partial charge on any atom is 0.221 e. The lowest BCUT2D eigenvalue weighted by atomic mass is 10.1. The normalized spacial score (nSPS) is 12.4. The van der Waals surface area contributed by atoms with Gasteiger partial charge >= 0.3 is 0 Å². The number of aromatic nitrogens is 2. The standard InChI is InChI=1S/C10H18N4O/c1-2-3-8(11)4-10(15)13-6-9-5-12-7-14-9/h5,7-8H,2-4,6,11H2,1H3,(H,12,14)(H,13,15). The number of nitrogens with one attached hydrogen (secondary N) is 2. The smallest absolute Gasteiger partial charge is 0.221 e. The molecule has 5 nitrogen and oxygen atoms in total. The zero-order valence-corrected chi connectivity index (χ0v) is 8.99. The molecular formula is C10H18N4O. The summed E-state index contributed by atoms with van der Waals surface area (Å²) in [4.78, 5) is 18.2. The molecule has 15 heavy (non-hydrogen) atoms. The van der Waals surface area contributed by atoms with E-state index in [0.717, 1.165) is 18.5 Å². The first-order valence-electron chi connectivity index (χ1n) is 5.22. The highest BCUT2D eigenvalue weighted by molar-refractivity contribution is 5.76. The van der Waals surface area contributed by atoms with E-state index in [0.29, 0.717) is 13.0 Å². The van der Waals surface area contributed by atoms with Crippen LogP contribution in [-0.2, 0) is 11.3 Å². The van der Waals surface area contributed by atoms with Crippen LogP contribution >= 0.6 is 0 Å². The van der Waals surface area contributed by atoms with E-state index >= 15 is 0 Å². The van der Waals surface area contributed by atoms with Gasteiger partial charge in [-0.25, -0.2) is 4.98 Å². The lowest BCUT2D eigenvalue weighted by Crippen LogP contribution is -2.31. The number of carbonyl (C=O) groups excluding carboxylic acids is 1. The third-order valence-corrected chi connectivity index (χ3v) is 2.14. The Bertz CT molecular complexity index is 284. The van der Waals surface area contributed by atoms with Gasteiger partial charge in [0.25, 0.3) is 0 Å². The highest BCUT2D eigenvalue weighted by Gasteiger charge is 2.08. The largest absolute Gasteiger partial charge is 0.350 e. The quantitative estimate of drug-likeness (QED) is 0.641. The molecule has 0 bridgehead atoms. The molecule has 0 aromatic carbocycles. The van der Waals surface area contributed by atoms with Gasteiger partial charge in [-0.3, -0.25) is 4.79 Å². The van der Waals surface area contributed by atoms with Gasteiger partial charge in [0.1, 0.15) is 0 Å². The van der Waals surface area contributed by atoms with Crippen molar-refractivity contribution in [2.24, 2.45) is 5.73 Å². The van der Waals surface area contributed by atoms with E-state index in [-0.39, 0.29) is 11.9 Å². The van der Waals surface area contributed by atoms with Crippen molar-refractivity contribution in [3.63, 3.8) is 0 Å². The monoisotopic (exact) mass is 210 g/mol. The van der Waals surface area contributed by atoms with Crippen molar-refractivity contribution in [3.8, 4) is 0 Å². The lowest BCUT2D eigenvalue weighted by Gasteiger charge is -2.09. The molecule has 0 spiro atoms. The fourth-order valence-corrected chi connectivity index (χ4v) is 1.36. The van der Waals surface area contributed by atoms with E-state index < -0.39 is 0 Å². The minimum Gasteiger partial charge on any atom is -0.350 e. The van der Waals surface area contributed by atoms with Crippen LogP contribution in [0.15, 0.2) is 12.5 Å². The first-order valence-corrected chi connectivity index (χ1v) is 5.22. The van der Waals surface area contributed by atoms with E-state index in [1.54, 1.807) is 12.5 Å². The van der Waals surface area contributed by atoms with Crippen LogP contribution in [0.1, 0.15) is 31.9 Å². The molecule has 1 unspecified atom stereocenters. The second-order valence-corrected chi connectivity index (χ2v) is 3.61. The van der Waals surface area contributed by atoms with Crippen molar-refractivity contribution in [1.82, 2.24) is 15.3 Å². The molecule has 4 N–H and O–H groups in total. The summed E-state index contributed by atoms with van der Waals surface area (Å²) in [7, 11) is 0. The van der Waals surface area contributed by atoms with Gasteiger partial charge in [-0.15, -0.1) is 0 Å². The van der Waals surface area contributed by atoms with E-state index in [1.165, 1.54) is 0 Å². The summed E-state index contributed by atoms with van der Waals surface area (Å²) < 4.78 is 0. The summed E-state index contributed by atoms with van der Waals surface area (Å²) in [5, 5.41) is 2.78. The van der Waals surface area contributed by atoms with Crippen LogP contribution in [0.3, 0.4) is 0 Å². The summed E-state index contributed by atoms with van der Waals surface area (Å²) in [5.74, 6) is -0.00875. The SMILES string of the molecule is CCCC(N)CC(=O)NCc1cnc[nH]1. The average molecular weight is 210 g/mol. The van der Waals surface area contributed by atoms with Crippen molar-refractivity contribution >= 4 is 5.91 Å². The lowest BCUT2D eigenvalue weighted by molar-refractivity contribution is -0.121. The van der Waals surface area contributed by atoms with E-state index in [4.69, 9.17) is 5.73 Å². The number of aromatic amines is 1. The second kappa shape index (κ2) is 6.19. The van der Waals surface area contributed by atoms with Gasteiger partial charge in [0, 0.05) is 18.7 Å². The van der Waals surface area contributed by atoms with Crippen molar-refractivity contribution in [2.75, 3.05) is 0 Å². The van der Waals surface area contributed by atoms with Gasteiger partial charge in [-0.2, -0.15) is 0 Å². The number of hydrogen-bond donors (Lipinski definition) is 3. The summed E-state index contributed by atoms with van der Waals surface area (Å²) in [6.45, 7) is 2.54. The summed E-state index contributed by atoms with van der Waals surface area (Å²) >= 11 is 0. The molecule has 1 heterocycles. The molecular weight excluding hydrogens is 192 g/mol. The predicted molar refractivity (Wildman–Crippen MR) is 57.9 cm³/mol. The van der Waals surface area contributed by atoms with Gasteiger partial charge in [0.2, 0.25) is 5.91 Å². The van der Waals surface area contributed by atoms with Crippen molar-refractivity contribution in [3.05, 3.63) is 18.2 Å². The Morgan fingerprint density at radius 2 is 2.53 bits per heavy atom. The molecule has 84 valence electrons. The Kier molecular flexibility index (Phi) is 4.83. The third-order valence-electron chi connectivity index (χ3n) is 2.14. The molecule has 1 atom stereocenters. The molecule has 0 aliphatic carbocycles. The second-order valence-electron chi connectivity index (χ2n) is 3.61. The van der Waals surface area contributed by atoms with Crippen LogP contribution in [0.5, 0.6) is 0 Å². The molecule has 0 saturated carbocycles. The number of amides is 1. The molecule has 0 saturated heterocycles. The zero-order valence-electron chi connectivity index (χ0n) is 8.99. The number of carbonyl (C=O) groups is 1. The number of imidazole rings is 1. The van der Waals surface area contributed by atoms with Crippen LogP contribution in [-0.4, -0.2) is 21.9 Å². The molecule has 0 radical (unpaired) electrons.